The number of benzene rings is 2. The molecule has 0 saturated heterocycles. The van der Waals surface area contributed by atoms with E-state index in [2.05, 4.69) is 5.32 Å². The van der Waals surface area contributed by atoms with Crippen LogP contribution < -0.4 is 5.32 Å². The molecule has 15 heavy (non-hydrogen) atoms. The van der Waals surface area contributed by atoms with Gasteiger partial charge in [0.25, 0.3) is 0 Å². The number of para-hydroxylation sites is 1. The standard InChI is InChI=1S/C12H9Cl2N/c13-10-7-4-8-11(12(10)14)15-9-5-2-1-3-6-9/h1-8,15H. The first-order chi connectivity index (χ1) is 7.27. The zero-order chi connectivity index (χ0) is 10.7. The van der Waals surface area contributed by atoms with Crippen LogP contribution in [0, 0.1) is 0 Å². The first kappa shape index (κ1) is 10.3. The Bertz CT molecular complexity index is 454. The van der Waals surface area contributed by atoms with E-state index in [-0.39, 0.29) is 0 Å². The monoisotopic (exact) mass is 237 g/mol. The maximum Gasteiger partial charge on any atom is 0.0827 e. The predicted octanol–water partition coefficient (Wildman–Crippen LogP) is 4.74. The van der Waals surface area contributed by atoms with Crippen molar-refractivity contribution in [2.45, 2.75) is 0 Å². The molecular formula is C12H9Cl2N. The largest absolute Gasteiger partial charge is 0.354 e. The quantitative estimate of drug-likeness (QED) is 0.796. The Hall–Kier alpha value is -1.18. The summed E-state index contributed by atoms with van der Waals surface area (Å²) in [6.45, 7) is 0. The smallest absolute Gasteiger partial charge is 0.0827 e. The molecule has 0 aliphatic carbocycles. The minimum Gasteiger partial charge on any atom is -0.354 e. The van der Waals surface area contributed by atoms with Crippen molar-refractivity contribution in [3.05, 3.63) is 58.6 Å². The maximum absolute atomic E-state index is 6.05. The fourth-order valence-electron chi connectivity index (χ4n) is 1.28. The highest BCUT2D eigenvalue weighted by molar-refractivity contribution is 6.43. The van der Waals surface area contributed by atoms with E-state index in [4.69, 9.17) is 23.2 Å². The lowest BCUT2D eigenvalue weighted by molar-refractivity contribution is 1.55. The van der Waals surface area contributed by atoms with Crippen LogP contribution >= 0.6 is 23.2 Å². The van der Waals surface area contributed by atoms with Crippen molar-refractivity contribution in [1.82, 2.24) is 0 Å². The van der Waals surface area contributed by atoms with Crippen molar-refractivity contribution in [2.24, 2.45) is 0 Å². The molecule has 2 aromatic carbocycles. The van der Waals surface area contributed by atoms with Crippen LogP contribution in [0.15, 0.2) is 48.5 Å². The molecule has 0 atom stereocenters. The summed E-state index contributed by atoms with van der Waals surface area (Å²) in [7, 11) is 0. The minimum absolute atomic E-state index is 0.544. The first-order valence-corrected chi connectivity index (χ1v) is 5.29. The highest BCUT2D eigenvalue weighted by atomic mass is 35.5. The summed E-state index contributed by atoms with van der Waals surface area (Å²) in [5, 5.41) is 4.29. The Labute approximate surface area is 98.6 Å². The van der Waals surface area contributed by atoms with E-state index in [1.54, 1.807) is 6.07 Å². The van der Waals surface area contributed by atoms with E-state index in [1.807, 2.05) is 42.5 Å². The summed E-state index contributed by atoms with van der Waals surface area (Å²) < 4.78 is 0. The van der Waals surface area contributed by atoms with Gasteiger partial charge in [0.05, 0.1) is 15.7 Å². The van der Waals surface area contributed by atoms with Gasteiger partial charge >= 0.3 is 0 Å². The van der Waals surface area contributed by atoms with Gasteiger partial charge in [-0.05, 0) is 24.3 Å². The summed E-state index contributed by atoms with van der Waals surface area (Å²) in [6, 6.07) is 15.3. The Morgan fingerprint density at radius 2 is 1.53 bits per heavy atom. The predicted molar refractivity (Wildman–Crippen MR) is 66.2 cm³/mol. The average Bonchev–Trinajstić information content (AvgIpc) is 2.26. The van der Waals surface area contributed by atoms with Crippen LogP contribution in [0.4, 0.5) is 11.4 Å². The Morgan fingerprint density at radius 1 is 0.800 bits per heavy atom. The second-order valence-electron chi connectivity index (χ2n) is 3.09. The lowest BCUT2D eigenvalue weighted by atomic mass is 10.2. The summed E-state index contributed by atoms with van der Waals surface area (Å²) in [4.78, 5) is 0. The summed E-state index contributed by atoms with van der Waals surface area (Å²) in [5.74, 6) is 0. The zero-order valence-corrected chi connectivity index (χ0v) is 9.39. The number of halogens is 2. The van der Waals surface area contributed by atoms with Gasteiger partial charge < -0.3 is 5.32 Å². The SMILES string of the molecule is Clc1cccc(Nc2ccccc2)c1Cl. The van der Waals surface area contributed by atoms with E-state index in [0.717, 1.165) is 11.4 Å². The molecule has 1 nitrogen and oxygen atoms in total. The van der Waals surface area contributed by atoms with Gasteiger partial charge in [0.1, 0.15) is 0 Å². The second kappa shape index (κ2) is 4.56. The normalized spacial score (nSPS) is 10.0. The summed E-state index contributed by atoms with van der Waals surface area (Å²) in [6.07, 6.45) is 0. The lowest BCUT2D eigenvalue weighted by Crippen LogP contribution is -1.90. The van der Waals surface area contributed by atoms with Gasteiger partial charge in [-0.1, -0.05) is 47.5 Å². The molecule has 76 valence electrons. The first-order valence-electron chi connectivity index (χ1n) is 4.53. The van der Waals surface area contributed by atoms with Crippen LogP contribution in [0.5, 0.6) is 0 Å². The average molecular weight is 238 g/mol. The van der Waals surface area contributed by atoms with Crippen molar-refractivity contribution in [3.8, 4) is 0 Å². The third kappa shape index (κ3) is 2.44. The molecule has 0 aromatic heterocycles. The van der Waals surface area contributed by atoms with Crippen LogP contribution in [0.25, 0.3) is 0 Å². The van der Waals surface area contributed by atoms with Gasteiger partial charge in [0.2, 0.25) is 0 Å². The zero-order valence-electron chi connectivity index (χ0n) is 7.87. The number of hydrogen-bond acceptors (Lipinski definition) is 1. The van der Waals surface area contributed by atoms with Crippen LogP contribution in [0.3, 0.4) is 0 Å². The van der Waals surface area contributed by atoms with Crippen molar-refractivity contribution >= 4 is 34.6 Å². The van der Waals surface area contributed by atoms with Crippen molar-refractivity contribution in [1.29, 1.82) is 0 Å². The number of anilines is 2. The molecule has 0 heterocycles. The van der Waals surface area contributed by atoms with Gasteiger partial charge in [-0.2, -0.15) is 0 Å². The second-order valence-corrected chi connectivity index (χ2v) is 3.88. The fourth-order valence-corrected chi connectivity index (χ4v) is 1.63. The highest BCUT2D eigenvalue weighted by Crippen LogP contribution is 2.31. The van der Waals surface area contributed by atoms with Crippen molar-refractivity contribution < 1.29 is 0 Å². The molecule has 1 N–H and O–H groups in total. The molecular weight excluding hydrogens is 229 g/mol. The van der Waals surface area contributed by atoms with Crippen LogP contribution in [-0.2, 0) is 0 Å². The fraction of sp³-hybridized carbons (Fsp3) is 0. The molecule has 0 radical (unpaired) electrons. The van der Waals surface area contributed by atoms with Crippen LogP contribution in [0.2, 0.25) is 10.0 Å². The molecule has 3 heteroatoms. The summed E-state index contributed by atoms with van der Waals surface area (Å²) >= 11 is 12.0. The van der Waals surface area contributed by atoms with Crippen molar-refractivity contribution in [2.75, 3.05) is 5.32 Å². The third-order valence-electron chi connectivity index (χ3n) is 2.00. The van der Waals surface area contributed by atoms with E-state index < -0.39 is 0 Å². The van der Waals surface area contributed by atoms with Gasteiger partial charge in [-0.15, -0.1) is 0 Å². The van der Waals surface area contributed by atoms with Gasteiger partial charge in [0.15, 0.2) is 0 Å². The molecule has 0 unspecified atom stereocenters. The molecule has 0 saturated carbocycles. The number of hydrogen-bond donors (Lipinski definition) is 1. The van der Waals surface area contributed by atoms with E-state index >= 15 is 0 Å². The highest BCUT2D eigenvalue weighted by Gasteiger charge is 2.03. The topological polar surface area (TPSA) is 12.0 Å². The van der Waals surface area contributed by atoms with Crippen molar-refractivity contribution in [3.63, 3.8) is 0 Å². The Kier molecular flexibility index (Phi) is 3.14. The molecule has 2 rings (SSSR count). The number of rotatable bonds is 2. The Morgan fingerprint density at radius 3 is 2.27 bits per heavy atom. The summed E-state index contributed by atoms with van der Waals surface area (Å²) in [5.41, 5.74) is 1.80. The molecule has 0 spiro atoms. The maximum atomic E-state index is 6.05. The van der Waals surface area contributed by atoms with Gasteiger partial charge in [0, 0.05) is 5.69 Å². The lowest BCUT2D eigenvalue weighted by Gasteiger charge is -2.08. The van der Waals surface area contributed by atoms with Crippen LogP contribution in [0.1, 0.15) is 0 Å². The van der Waals surface area contributed by atoms with E-state index in [9.17, 15) is 0 Å². The van der Waals surface area contributed by atoms with Gasteiger partial charge in [-0.25, -0.2) is 0 Å². The molecule has 0 bridgehead atoms. The third-order valence-corrected chi connectivity index (χ3v) is 2.82. The molecule has 0 aliphatic rings. The molecule has 0 fully saturated rings. The van der Waals surface area contributed by atoms with E-state index in [0.29, 0.717) is 10.0 Å². The van der Waals surface area contributed by atoms with E-state index in [1.165, 1.54) is 0 Å². The minimum atomic E-state index is 0.544. The van der Waals surface area contributed by atoms with Gasteiger partial charge in [-0.3, -0.25) is 0 Å². The molecule has 0 aliphatic heterocycles. The number of nitrogens with one attached hydrogen (secondary N) is 1. The molecule has 2 aromatic rings. The Balaban J connectivity index is 2.29. The van der Waals surface area contributed by atoms with Crippen LogP contribution in [-0.4, -0.2) is 0 Å². The molecule has 0 amide bonds.